The van der Waals surface area contributed by atoms with Gasteiger partial charge in [-0.1, -0.05) is 0 Å². The molecule has 0 radical (unpaired) electrons. The van der Waals surface area contributed by atoms with E-state index in [-0.39, 0.29) is 5.82 Å². The van der Waals surface area contributed by atoms with Crippen molar-refractivity contribution in [3.63, 3.8) is 0 Å². The van der Waals surface area contributed by atoms with Crippen molar-refractivity contribution in [2.75, 3.05) is 5.73 Å². The molecular formula is C12H9FN2. The van der Waals surface area contributed by atoms with Gasteiger partial charge in [0.25, 0.3) is 0 Å². The van der Waals surface area contributed by atoms with Crippen LogP contribution in [0.5, 0.6) is 0 Å². The van der Waals surface area contributed by atoms with Crippen LogP contribution < -0.4 is 5.73 Å². The van der Waals surface area contributed by atoms with Gasteiger partial charge in [0.15, 0.2) is 0 Å². The number of anilines is 1. The van der Waals surface area contributed by atoms with E-state index in [0.717, 1.165) is 21.8 Å². The van der Waals surface area contributed by atoms with Crippen molar-refractivity contribution in [3.8, 4) is 0 Å². The van der Waals surface area contributed by atoms with Crippen LogP contribution in [0.1, 0.15) is 0 Å². The molecular weight excluding hydrogens is 191 g/mol. The summed E-state index contributed by atoms with van der Waals surface area (Å²) in [6, 6.07) is 10.3. The molecule has 1 aromatic heterocycles. The maximum atomic E-state index is 13.1. The number of H-pyrrole nitrogens is 1. The smallest absolute Gasteiger partial charge is 0.123 e. The van der Waals surface area contributed by atoms with Crippen molar-refractivity contribution >= 4 is 27.5 Å². The van der Waals surface area contributed by atoms with E-state index >= 15 is 0 Å². The largest absolute Gasteiger partial charge is 0.399 e. The van der Waals surface area contributed by atoms with E-state index in [1.807, 2.05) is 18.2 Å². The molecule has 0 fully saturated rings. The SMILES string of the molecule is Nc1ccc2[nH]c3ccc(F)cc3c2c1. The van der Waals surface area contributed by atoms with Crippen LogP contribution in [-0.4, -0.2) is 4.98 Å². The van der Waals surface area contributed by atoms with Gasteiger partial charge < -0.3 is 10.7 Å². The number of rotatable bonds is 0. The number of aromatic amines is 1. The summed E-state index contributed by atoms with van der Waals surface area (Å²) in [6.45, 7) is 0. The molecule has 15 heavy (non-hydrogen) atoms. The Morgan fingerprint density at radius 2 is 1.60 bits per heavy atom. The summed E-state index contributed by atoms with van der Waals surface area (Å²) >= 11 is 0. The first-order valence-corrected chi connectivity index (χ1v) is 4.70. The van der Waals surface area contributed by atoms with Crippen LogP contribution in [0.3, 0.4) is 0 Å². The average Bonchev–Trinajstić information content (AvgIpc) is 2.56. The minimum absolute atomic E-state index is 0.231. The van der Waals surface area contributed by atoms with Crippen molar-refractivity contribution in [2.24, 2.45) is 0 Å². The zero-order valence-electron chi connectivity index (χ0n) is 7.92. The number of nitrogens with one attached hydrogen (secondary N) is 1. The molecule has 3 aromatic rings. The predicted molar refractivity (Wildman–Crippen MR) is 60.2 cm³/mol. The molecule has 0 bridgehead atoms. The molecule has 0 aliphatic heterocycles. The molecule has 0 atom stereocenters. The monoisotopic (exact) mass is 200 g/mol. The fraction of sp³-hybridized carbons (Fsp3) is 0. The van der Waals surface area contributed by atoms with Crippen LogP contribution in [0.2, 0.25) is 0 Å². The molecule has 0 aliphatic carbocycles. The van der Waals surface area contributed by atoms with E-state index in [4.69, 9.17) is 5.73 Å². The van der Waals surface area contributed by atoms with Gasteiger partial charge in [-0.25, -0.2) is 4.39 Å². The zero-order valence-corrected chi connectivity index (χ0v) is 7.92. The lowest BCUT2D eigenvalue weighted by Crippen LogP contribution is -1.82. The summed E-state index contributed by atoms with van der Waals surface area (Å²) in [6.07, 6.45) is 0. The minimum Gasteiger partial charge on any atom is -0.399 e. The van der Waals surface area contributed by atoms with Crippen molar-refractivity contribution in [2.45, 2.75) is 0 Å². The summed E-state index contributed by atoms with van der Waals surface area (Å²) in [5.74, 6) is -0.231. The van der Waals surface area contributed by atoms with Gasteiger partial charge in [-0.2, -0.15) is 0 Å². The lowest BCUT2D eigenvalue weighted by atomic mass is 10.1. The number of aromatic nitrogens is 1. The quantitative estimate of drug-likeness (QED) is 0.538. The third kappa shape index (κ3) is 1.16. The van der Waals surface area contributed by atoms with Gasteiger partial charge >= 0.3 is 0 Å². The number of halogens is 1. The van der Waals surface area contributed by atoms with Crippen molar-refractivity contribution in [1.82, 2.24) is 4.98 Å². The Kier molecular flexibility index (Phi) is 1.51. The second kappa shape index (κ2) is 2.73. The first kappa shape index (κ1) is 8.29. The molecule has 0 amide bonds. The lowest BCUT2D eigenvalue weighted by Gasteiger charge is -1.93. The van der Waals surface area contributed by atoms with Crippen LogP contribution in [-0.2, 0) is 0 Å². The maximum absolute atomic E-state index is 13.1. The molecule has 3 heteroatoms. The van der Waals surface area contributed by atoms with Gasteiger partial charge in [-0.3, -0.25) is 0 Å². The normalized spacial score (nSPS) is 11.3. The predicted octanol–water partition coefficient (Wildman–Crippen LogP) is 3.04. The number of hydrogen-bond donors (Lipinski definition) is 2. The van der Waals surface area contributed by atoms with Crippen LogP contribution in [0, 0.1) is 5.82 Å². The molecule has 74 valence electrons. The third-order valence-electron chi connectivity index (χ3n) is 2.58. The summed E-state index contributed by atoms with van der Waals surface area (Å²) < 4.78 is 13.1. The summed E-state index contributed by atoms with van der Waals surface area (Å²) in [4.78, 5) is 3.21. The lowest BCUT2D eigenvalue weighted by molar-refractivity contribution is 0.630. The average molecular weight is 200 g/mol. The Labute approximate surface area is 85.5 Å². The Morgan fingerprint density at radius 3 is 2.40 bits per heavy atom. The highest BCUT2D eigenvalue weighted by atomic mass is 19.1. The molecule has 0 saturated carbocycles. The Morgan fingerprint density at radius 1 is 0.933 bits per heavy atom. The zero-order chi connectivity index (χ0) is 10.4. The van der Waals surface area contributed by atoms with Crippen molar-refractivity contribution in [1.29, 1.82) is 0 Å². The summed E-state index contributed by atoms with van der Waals surface area (Å²) in [5, 5.41) is 1.84. The number of nitrogen functional groups attached to an aromatic ring is 1. The molecule has 2 aromatic carbocycles. The number of nitrogens with two attached hydrogens (primary N) is 1. The minimum atomic E-state index is -0.231. The van der Waals surface area contributed by atoms with Crippen LogP contribution in [0.15, 0.2) is 36.4 Å². The van der Waals surface area contributed by atoms with E-state index in [1.54, 1.807) is 6.07 Å². The maximum Gasteiger partial charge on any atom is 0.123 e. The Hall–Kier alpha value is -2.03. The van der Waals surface area contributed by atoms with Gasteiger partial charge in [0.1, 0.15) is 5.82 Å². The Bertz CT molecular complexity index is 599. The molecule has 3 rings (SSSR count). The molecule has 0 saturated heterocycles. The topological polar surface area (TPSA) is 41.8 Å². The van der Waals surface area contributed by atoms with Gasteiger partial charge in [-0.15, -0.1) is 0 Å². The van der Waals surface area contributed by atoms with Gasteiger partial charge in [-0.05, 0) is 36.4 Å². The molecule has 1 heterocycles. The highest BCUT2D eigenvalue weighted by molar-refractivity contribution is 6.08. The molecule has 3 N–H and O–H groups in total. The van der Waals surface area contributed by atoms with Crippen molar-refractivity contribution < 1.29 is 4.39 Å². The number of benzene rings is 2. The van der Waals surface area contributed by atoms with E-state index in [2.05, 4.69) is 4.98 Å². The van der Waals surface area contributed by atoms with E-state index < -0.39 is 0 Å². The standard InChI is InChI=1S/C12H9FN2/c13-7-1-3-11-9(5-7)10-6-8(14)2-4-12(10)15-11/h1-6,15H,14H2. The second-order valence-corrected chi connectivity index (χ2v) is 3.62. The first-order valence-electron chi connectivity index (χ1n) is 4.70. The molecule has 0 unspecified atom stereocenters. The second-order valence-electron chi connectivity index (χ2n) is 3.62. The Balaban J connectivity index is 2.55. The van der Waals surface area contributed by atoms with Gasteiger partial charge in [0.05, 0.1) is 0 Å². The molecule has 0 spiro atoms. The fourth-order valence-corrected chi connectivity index (χ4v) is 1.89. The van der Waals surface area contributed by atoms with E-state index in [9.17, 15) is 4.39 Å². The number of hydrogen-bond acceptors (Lipinski definition) is 1. The third-order valence-corrected chi connectivity index (χ3v) is 2.58. The van der Waals surface area contributed by atoms with Gasteiger partial charge in [0.2, 0.25) is 0 Å². The van der Waals surface area contributed by atoms with Crippen LogP contribution in [0.25, 0.3) is 21.8 Å². The highest BCUT2D eigenvalue weighted by Gasteiger charge is 2.04. The highest BCUT2D eigenvalue weighted by Crippen LogP contribution is 2.27. The van der Waals surface area contributed by atoms with E-state index in [0.29, 0.717) is 5.69 Å². The fourth-order valence-electron chi connectivity index (χ4n) is 1.89. The number of fused-ring (bicyclic) bond motifs is 3. The molecule has 0 aliphatic rings. The molecule has 2 nitrogen and oxygen atoms in total. The van der Waals surface area contributed by atoms with Crippen molar-refractivity contribution in [3.05, 3.63) is 42.2 Å². The van der Waals surface area contributed by atoms with Crippen LogP contribution in [0.4, 0.5) is 10.1 Å². The van der Waals surface area contributed by atoms with Crippen LogP contribution >= 0.6 is 0 Å². The summed E-state index contributed by atoms with van der Waals surface area (Å²) in [7, 11) is 0. The van der Waals surface area contributed by atoms with E-state index in [1.165, 1.54) is 12.1 Å². The van der Waals surface area contributed by atoms with Gasteiger partial charge in [0, 0.05) is 27.5 Å². The summed E-state index contributed by atoms with van der Waals surface area (Å²) in [5.41, 5.74) is 8.30. The first-order chi connectivity index (χ1) is 7.24.